The van der Waals surface area contributed by atoms with Crippen LogP contribution in [0.4, 0.5) is 11.4 Å². The summed E-state index contributed by atoms with van der Waals surface area (Å²) < 4.78 is 29.2. The number of ether oxygens (including phenoxy) is 1. The molecule has 1 spiro atoms. The lowest BCUT2D eigenvalue weighted by Crippen LogP contribution is -2.56. The standard InChI is InChI=1S/C20H23N3O3S/c1-27(24,25)16-6-4-5-15(13-16)14-21-19-20(9-11-26-12-10-20)23-18-8-3-2-7-17(18)22-19/h2-8,13,23H,9-12,14H2,1H3,(H,21,22). The van der Waals surface area contributed by atoms with Gasteiger partial charge in [0.2, 0.25) is 0 Å². The van der Waals surface area contributed by atoms with Gasteiger partial charge in [0.05, 0.1) is 21.8 Å². The number of fused-ring (bicyclic) bond motifs is 1. The maximum Gasteiger partial charge on any atom is 0.175 e. The molecule has 0 aromatic heterocycles. The minimum Gasteiger partial charge on any atom is -0.381 e. The van der Waals surface area contributed by atoms with E-state index in [0.29, 0.717) is 24.7 Å². The van der Waals surface area contributed by atoms with E-state index in [-0.39, 0.29) is 5.54 Å². The van der Waals surface area contributed by atoms with E-state index in [1.807, 2.05) is 30.3 Å². The molecule has 6 nitrogen and oxygen atoms in total. The van der Waals surface area contributed by atoms with Gasteiger partial charge in [-0.15, -0.1) is 0 Å². The van der Waals surface area contributed by atoms with Gasteiger partial charge in [0, 0.05) is 38.9 Å². The number of hydrogen-bond donors (Lipinski definition) is 2. The number of nitrogens with zero attached hydrogens (tertiary/aromatic N) is 1. The average molecular weight is 385 g/mol. The lowest BCUT2D eigenvalue weighted by molar-refractivity contribution is 0.0771. The van der Waals surface area contributed by atoms with Crippen LogP contribution in [0.25, 0.3) is 0 Å². The van der Waals surface area contributed by atoms with Crippen LogP contribution in [-0.4, -0.2) is 39.3 Å². The van der Waals surface area contributed by atoms with Gasteiger partial charge in [-0.1, -0.05) is 24.3 Å². The molecule has 0 bridgehead atoms. The second kappa shape index (κ2) is 6.98. The Bertz CT molecular complexity index is 979. The third-order valence-electron chi connectivity index (χ3n) is 5.10. The van der Waals surface area contributed by atoms with Gasteiger partial charge < -0.3 is 15.4 Å². The zero-order valence-electron chi connectivity index (χ0n) is 15.2. The van der Waals surface area contributed by atoms with Crippen molar-refractivity contribution in [3.8, 4) is 0 Å². The van der Waals surface area contributed by atoms with E-state index in [4.69, 9.17) is 9.73 Å². The summed E-state index contributed by atoms with van der Waals surface area (Å²) in [6, 6.07) is 15.0. The summed E-state index contributed by atoms with van der Waals surface area (Å²) in [4.78, 5) is 5.21. The molecule has 4 rings (SSSR count). The van der Waals surface area contributed by atoms with Crippen molar-refractivity contribution in [2.45, 2.75) is 29.8 Å². The first-order valence-corrected chi connectivity index (χ1v) is 10.9. The van der Waals surface area contributed by atoms with Crippen molar-refractivity contribution in [2.24, 2.45) is 4.99 Å². The molecule has 0 unspecified atom stereocenters. The number of hydrogen-bond acceptors (Lipinski definition) is 6. The maximum absolute atomic E-state index is 11.8. The highest BCUT2D eigenvalue weighted by Crippen LogP contribution is 2.37. The topological polar surface area (TPSA) is 79.8 Å². The number of anilines is 1. The number of amidine groups is 1. The first-order valence-electron chi connectivity index (χ1n) is 9.03. The molecule has 142 valence electrons. The van der Waals surface area contributed by atoms with Crippen molar-refractivity contribution in [1.29, 1.82) is 0 Å². The van der Waals surface area contributed by atoms with Gasteiger partial charge in [-0.05, 0) is 29.8 Å². The molecule has 2 aliphatic rings. The van der Waals surface area contributed by atoms with Crippen LogP contribution in [0.3, 0.4) is 0 Å². The van der Waals surface area contributed by atoms with Crippen LogP contribution < -0.4 is 10.6 Å². The normalized spacial score (nSPS) is 18.3. The Labute approximate surface area is 159 Å². The van der Waals surface area contributed by atoms with E-state index in [1.165, 1.54) is 6.26 Å². The zero-order chi connectivity index (χ0) is 18.9. The summed E-state index contributed by atoms with van der Waals surface area (Å²) in [7, 11) is -3.22. The zero-order valence-corrected chi connectivity index (χ0v) is 16.1. The molecule has 0 aliphatic carbocycles. The Kier molecular flexibility index (Phi) is 4.65. The van der Waals surface area contributed by atoms with Crippen molar-refractivity contribution < 1.29 is 13.2 Å². The Morgan fingerprint density at radius 3 is 2.70 bits per heavy atom. The number of sulfone groups is 1. The molecule has 2 N–H and O–H groups in total. The molecule has 1 fully saturated rings. The number of benzene rings is 2. The van der Waals surface area contributed by atoms with E-state index < -0.39 is 9.84 Å². The third kappa shape index (κ3) is 3.70. The van der Waals surface area contributed by atoms with Crippen LogP contribution in [0.1, 0.15) is 18.4 Å². The SMILES string of the molecule is CS(=O)(=O)c1cccc(CNC2=Nc3ccccc3NC23CCOCC3)c1. The number of aliphatic imine (C=N–C) groups is 1. The highest BCUT2D eigenvalue weighted by atomic mass is 32.2. The fraction of sp³-hybridized carbons (Fsp3) is 0.350. The number of para-hydroxylation sites is 2. The maximum atomic E-state index is 11.8. The van der Waals surface area contributed by atoms with Crippen molar-refractivity contribution in [2.75, 3.05) is 24.8 Å². The Hall–Kier alpha value is -2.38. The summed E-state index contributed by atoms with van der Waals surface area (Å²) in [6.45, 7) is 1.87. The summed E-state index contributed by atoms with van der Waals surface area (Å²) >= 11 is 0. The quantitative estimate of drug-likeness (QED) is 0.849. The first kappa shape index (κ1) is 18.0. The smallest absolute Gasteiger partial charge is 0.175 e. The largest absolute Gasteiger partial charge is 0.381 e. The summed E-state index contributed by atoms with van der Waals surface area (Å²) in [5.41, 5.74) is 2.56. The van der Waals surface area contributed by atoms with E-state index in [2.05, 4.69) is 10.6 Å². The average Bonchev–Trinajstić information content (AvgIpc) is 2.66. The second-order valence-electron chi connectivity index (χ2n) is 7.07. The van der Waals surface area contributed by atoms with Gasteiger partial charge in [0.15, 0.2) is 9.84 Å². The highest BCUT2D eigenvalue weighted by molar-refractivity contribution is 7.90. The summed E-state index contributed by atoms with van der Waals surface area (Å²) in [5, 5.41) is 7.12. The molecule has 0 radical (unpaired) electrons. The second-order valence-corrected chi connectivity index (χ2v) is 9.09. The molecule has 0 saturated carbocycles. The molecular weight excluding hydrogens is 362 g/mol. The Morgan fingerprint density at radius 1 is 1.15 bits per heavy atom. The van der Waals surface area contributed by atoms with Gasteiger partial charge in [0.25, 0.3) is 0 Å². The lowest BCUT2D eigenvalue weighted by atomic mass is 9.86. The molecule has 2 aromatic rings. The molecule has 2 aliphatic heterocycles. The van der Waals surface area contributed by atoms with Gasteiger partial charge in [-0.3, -0.25) is 0 Å². The summed E-state index contributed by atoms with van der Waals surface area (Å²) in [5.74, 6) is 0.884. The fourth-order valence-corrected chi connectivity index (χ4v) is 4.27. The molecule has 0 amide bonds. The number of nitrogens with one attached hydrogen (secondary N) is 2. The van der Waals surface area contributed by atoms with Crippen LogP contribution in [0.15, 0.2) is 58.4 Å². The highest BCUT2D eigenvalue weighted by Gasteiger charge is 2.40. The van der Waals surface area contributed by atoms with Gasteiger partial charge in [-0.25, -0.2) is 13.4 Å². The third-order valence-corrected chi connectivity index (χ3v) is 6.21. The van der Waals surface area contributed by atoms with Crippen molar-refractivity contribution >= 4 is 27.0 Å². The minimum absolute atomic E-state index is 0.277. The van der Waals surface area contributed by atoms with Crippen LogP contribution in [0.5, 0.6) is 0 Å². The van der Waals surface area contributed by atoms with Crippen molar-refractivity contribution in [1.82, 2.24) is 5.32 Å². The molecule has 2 heterocycles. The predicted octanol–water partition coefficient (Wildman–Crippen LogP) is 2.88. The van der Waals surface area contributed by atoms with Crippen LogP contribution in [0, 0.1) is 0 Å². The van der Waals surface area contributed by atoms with Crippen molar-refractivity contribution in [3.63, 3.8) is 0 Å². The van der Waals surface area contributed by atoms with Gasteiger partial charge in [0.1, 0.15) is 5.84 Å². The van der Waals surface area contributed by atoms with E-state index in [1.54, 1.807) is 18.2 Å². The molecule has 1 saturated heterocycles. The molecular formula is C20H23N3O3S. The van der Waals surface area contributed by atoms with Crippen LogP contribution in [0.2, 0.25) is 0 Å². The lowest BCUT2D eigenvalue weighted by Gasteiger charge is -2.42. The summed E-state index contributed by atoms with van der Waals surface area (Å²) in [6.07, 6.45) is 2.88. The van der Waals surface area contributed by atoms with Crippen LogP contribution in [-0.2, 0) is 21.1 Å². The van der Waals surface area contributed by atoms with Gasteiger partial charge in [-0.2, -0.15) is 0 Å². The monoisotopic (exact) mass is 385 g/mol. The van der Waals surface area contributed by atoms with E-state index in [9.17, 15) is 8.42 Å². The molecule has 7 heteroatoms. The molecule has 2 aromatic carbocycles. The molecule has 27 heavy (non-hydrogen) atoms. The minimum atomic E-state index is -3.22. The predicted molar refractivity (Wildman–Crippen MR) is 106 cm³/mol. The number of rotatable bonds is 3. The Morgan fingerprint density at radius 2 is 1.93 bits per heavy atom. The van der Waals surface area contributed by atoms with Gasteiger partial charge >= 0.3 is 0 Å². The first-order chi connectivity index (χ1) is 13.0. The fourth-order valence-electron chi connectivity index (χ4n) is 3.58. The van der Waals surface area contributed by atoms with E-state index >= 15 is 0 Å². The van der Waals surface area contributed by atoms with E-state index in [0.717, 1.165) is 35.6 Å². The van der Waals surface area contributed by atoms with Crippen LogP contribution >= 0.6 is 0 Å². The Balaban J connectivity index is 1.62. The molecule has 0 atom stereocenters. The van der Waals surface area contributed by atoms with Crippen molar-refractivity contribution in [3.05, 3.63) is 54.1 Å².